The summed E-state index contributed by atoms with van der Waals surface area (Å²) in [7, 11) is 3.53. The van der Waals surface area contributed by atoms with Crippen LogP contribution in [0.25, 0.3) is 0 Å². The quantitative estimate of drug-likeness (QED) is 0.394. The van der Waals surface area contributed by atoms with Gasteiger partial charge in [-0.25, -0.2) is 0 Å². The Morgan fingerprint density at radius 3 is 2.48 bits per heavy atom. The van der Waals surface area contributed by atoms with E-state index in [9.17, 15) is 0 Å². The molecule has 27 heavy (non-hydrogen) atoms. The van der Waals surface area contributed by atoms with E-state index in [0.717, 1.165) is 63.4 Å². The first-order valence-electron chi connectivity index (χ1n) is 10.0. The van der Waals surface area contributed by atoms with Crippen LogP contribution in [0.4, 0.5) is 0 Å². The van der Waals surface area contributed by atoms with E-state index >= 15 is 0 Å². The number of ether oxygens (including phenoxy) is 2. The van der Waals surface area contributed by atoms with Crippen LogP contribution in [0.3, 0.4) is 0 Å². The average Bonchev–Trinajstić information content (AvgIpc) is 2.70. The number of guanidine groups is 1. The van der Waals surface area contributed by atoms with Crippen molar-refractivity contribution in [1.82, 2.24) is 15.5 Å². The van der Waals surface area contributed by atoms with Gasteiger partial charge in [0, 0.05) is 33.2 Å². The van der Waals surface area contributed by atoms with E-state index < -0.39 is 0 Å². The lowest BCUT2D eigenvalue weighted by Gasteiger charge is -2.35. The van der Waals surface area contributed by atoms with E-state index in [1.54, 1.807) is 7.11 Å². The zero-order valence-corrected chi connectivity index (χ0v) is 17.3. The molecule has 2 N–H and O–H groups in total. The lowest BCUT2D eigenvalue weighted by atomic mass is 10.0. The molecular weight excluding hydrogens is 340 g/mol. The molecule has 0 spiro atoms. The Morgan fingerprint density at radius 2 is 1.89 bits per heavy atom. The molecule has 2 rings (SSSR count). The van der Waals surface area contributed by atoms with Crippen molar-refractivity contribution in [2.45, 2.75) is 32.7 Å². The second-order valence-electron chi connectivity index (χ2n) is 7.35. The summed E-state index contributed by atoms with van der Waals surface area (Å²) in [6, 6.07) is 8.64. The molecule has 0 radical (unpaired) electrons. The maximum absolute atomic E-state index is 5.54. The summed E-state index contributed by atoms with van der Waals surface area (Å²) in [5, 5.41) is 6.94. The molecule has 0 aromatic heterocycles. The zero-order chi connectivity index (χ0) is 19.5. The number of methoxy groups -OCH3 is 1. The summed E-state index contributed by atoms with van der Waals surface area (Å²) < 4.78 is 10.8. The largest absolute Gasteiger partial charge is 0.497 e. The smallest absolute Gasteiger partial charge is 0.191 e. The molecular formula is C21H36N4O2. The van der Waals surface area contributed by atoms with E-state index in [2.05, 4.69) is 46.5 Å². The zero-order valence-electron chi connectivity index (χ0n) is 17.3. The first-order chi connectivity index (χ1) is 13.1. The number of hydrogen-bond donors (Lipinski definition) is 2. The lowest BCUT2D eigenvalue weighted by Crippen LogP contribution is -2.46. The average molecular weight is 377 g/mol. The normalized spacial score (nSPS) is 17.0. The molecule has 0 saturated carbocycles. The third kappa shape index (κ3) is 7.39. The first-order valence-corrected chi connectivity index (χ1v) is 10.0. The molecule has 1 fully saturated rings. The van der Waals surface area contributed by atoms with Gasteiger partial charge in [-0.05, 0) is 36.5 Å². The molecule has 1 unspecified atom stereocenters. The Hall–Kier alpha value is -1.79. The number of morpholine rings is 1. The molecule has 1 aliphatic rings. The fraction of sp³-hybridized carbons (Fsp3) is 0.667. The van der Waals surface area contributed by atoms with E-state index in [0.29, 0.717) is 0 Å². The molecule has 1 aromatic rings. The first kappa shape index (κ1) is 21.5. The Bertz CT molecular complexity index is 554. The van der Waals surface area contributed by atoms with E-state index in [-0.39, 0.29) is 6.04 Å². The maximum atomic E-state index is 5.54. The van der Waals surface area contributed by atoms with Gasteiger partial charge in [0.25, 0.3) is 0 Å². The van der Waals surface area contributed by atoms with Gasteiger partial charge in [-0.3, -0.25) is 9.89 Å². The van der Waals surface area contributed by atoms with Gasteiger partial charge in [0.05, 0.1) is 26.4 Å². The Kier molecular flexibility index (Phi) is 9.42. The van der Waals surface area contributed by atoms with Crippen LogP contribution in [0.5, 0.6) is 5.75 Å². The van der Waals surface area contributed by atoms with Gasteiger partial charge >= 0.3 is 0 Å². The predicted molar refractivity (Wildman–Crippen MR) is 112 cm³/mol. The van der Waals surface area contributed by atoms with Crippen molar-refractivity contribution >= 4 is 5.96 Å². The fourth-order valence-corrected chi connectivity index (χ4v) is 3.30. The van der Waals surface area contributed by atoms with Crippen molar-refractivity contribution < 1.29 is 9.47 Å². The second-order valence-corrected chi connectivity index (χ2v) is 7.35. The van der Waals surface area contributed by atoms with Crippen LogP contribution in [0, 0.1) is 5.92 Å². The molecule has 6 nitrogen and oxygen atoms in total. The summed E-state index contributed by atoms with van der Waals surface area (Å²) in [5.74, 6) is 2.49. The number of rotatable bonds is 9. The monoisotopic (exact) mass is 376 g/mol. The standard InChI is InChI=1S/C21H36N4O2/c1-17(2)6-5-11-23-21(22-3)24-16-20(25-12-14-27-15-13-25)18-7-9-19(26-4)10-8-18/h7-10,17,20H,5-6,11-16H2,1-4H3,(H2,22,23,24). The maximum Gasteiger partial charge on any atom is 0.191 e. The molecule has 1 saturated heterocycles. The Morgan fingerprint density at radius 1 is 1.19 bits per heavy atom. The van der Waals surface area contributed by atoms with Gasteiger partial charge in [0.15, 0.2) is 5.96 Å². The molecule has 1 aromatic carbocycles. The highest BCUT2D eigenvalue weighted by Gasteiger charge is 2.23. The predicted octanol–water partition coefficient (Wildman–Crippen LogP) is 2.67. The third-order valence-corrected chi connectivity index (χ3v) is 4.92. The molecule has 0 amide bonds. The third-order valence-electron chi connectivity index (χ3n) is 4.92. The highest BCUT2D eigenvalue weighted by Crippen LogP contribution is 2.23. The highest BCUT2D eigenvalue weighted by molar-refractivity contribution is 5.79. The summed E-state index contributed by atoms with van der Waals surface area (Å²) >= 11 is 0. The Labute approximate surface area is 164 Å². The van der Waals surface area contributed by atoms with Crippen molar-refractivity contribution in [3.8, 4) is 5.75 Å². The van der Waals surface area contributed by atoms with Gasteiger partial charge in [-0.15, -0.1) is 0 Å². The van der Waals surface area contributed by atoms with E-state index in [4.69, 9.17) is 9.47 Å². The minimum absolute atomic E-state index is 0.272. The summed E-state index contributed by atoms with van der Waals surface area (Å²) in [5.41, 5.74) is 1.28. The van der Waals surface area contributed by atoms with Crippen LogP contribution in [0.2, 0.25) is 0 Å². The summed E-state index contributed by atoms with van der Waals surface area (Å²) in [6.45, 7) is 9.73. The number of nitrogens with zero attached hydrogens (tertiary/aromatic N) is 2. The van der Waals surface area contributed by atoms with Gasteiger partial charge in [-0.1, -0.05) is 26.0 Å². The van der Waals surface area contributed by atoms with Gasteiger partial charge in [0.2, 0.25) is 0 Å². The number of benzene rings is 1. The number of aliphatic imine (C=N–C) groups is 1. The van der Waals surface area contributed by atoms with Crippen LogP contribution in [0.1, 0.15) is 38.3 Å². The van der Waals surface area contributed by atoms with Crippen LogP contribution in [0.15, 0.2) is 29.3 Å². The van der Waals surface area contributed by atoms with Crippen LogP contribution >= 0.6 is 0 Å². The molecule has 1 aliphatic heterocycles. The van der Waals surface area contributed by atoms with Crippen molar-refractivity contribution in [1.29, 1.82) is 0 Å². The molecule has 0 aliphatic carbocycles. The number of nitrogens with one attached hydrogen (secondary N) is 2. The van der Waals surface area contributed by atoms with Gasteiger partial charge < -0.3 is 20.1 Å². The van der Waals surface area contributed by atoms with Crippen LogP contribution in [-0.2, 0) is 4.74 Å². The van der Waals surface area contributed by atoms with Crippen LogP contribution in [-0.4, -0.2) is 64.4 Å². The van der Waals surface area contributed by atoms with Crippen molar-refractivity contribution in [2.24, 2.45) is 10.9 Å². The highest BCUT2D eigenvalue weighted by atomic mass is 16.5. The van der Waals surface area contributed by atoms with Gasteiger partial charge in [0.1, 0.15) is 5.75 Å². The van der Waals surface area contributed by atoms with Crippen molar-refractivity contribution in [2.75, 3.05) is 53.6 Å². The molecule has 0 bridgehead atoms. The minimum atomic E-state index is 0.272. The number of hydrogen-bond acceptors (Lipinski definition) is 4. The minimum Gasteiger partial charge on any atom is -0.497 e. The topological polar surface area (TPSA) is 58.1 Å². The SMILES string of the molecule is CN=C(NCCCC(C)C)NCC(c1ccc(OC)cc1)N1CCOCC1. The van der Waals surface area contributed by atoms with Gasteiger partial charge in [-0.2, -0.15) is 0 Å². The lowest BCUT2D eigenvalue weighted by molar-refractivity contribution is 0.0170. The van der Waals surface area contributed by atoms with Crippen molar-refractivity contribution in [3.63, 3.8) is 0 Å². The Balaban J connectivity index is 1.96. The van der Waals surface area contributed by atoms with E-state index in [1.165, 1.54) is 12.0 Å². The van der Waals surface area contributed by atoms with Crippen LogP contribution < -0.4 is 15.4 Å². The fourth-order valence-electron chi connectivity index (χ4n) is 3.30. The summed E-state index contributed by atoms with van der Waals surface area (Å²) in [4.78, 5) is 6.85. The van der Waals surface area contributed by atoms with Crippen molar-refractivity contribution in [3.05, 3.63) is 29.8 Å². The van der Waals surface area contributed by atoms with E-state index in [1.807, 2.05) is 19.2 Å². The summed E-state index contributed by atoms with van der Waals surface area (Å²) in [6.07, 6.45) is 2.38. The molecule has 1 atom stereocenters. The molecule has 152 valence electrons. The molecule has 6 heteroatoms. The second kappa shape index (κ2) is 11.8. The molecule has 1 heterocycles.